The Kier molecular flexibility index (Phi) is 9.22. The molecule has 0 saturated heterocycles. The molecule has 0 amide bonds. The second-order valence-corrected chi connectivity index (χ2v) is 9.47. The van der Waals surface area contributed by atoms with Crippen LogP contribution in [0.5, 0.6) is 0 Å². The van der Waals surface area contributed by atoms with Crippen molar-refractivity contribution in [2.24, 2.45) is 17.8 Å². The number of aryl methyl sites for hydroxylation is 1. The van der Waals surface area contributed by atoms with Crippen molar-refractivity contribution in [1.82, 2.24) is 0 Å². The third-order valence-electron chi connectivity index (χ3n) is 7.65. The summed E-state index contributed by atoms with van der Waals surface area (Å²) in [6, 6.07) is 11.2. The first-order valence-corrected chi connectivity index (χ1v) is 12.2. The zero-order chi connectivity index (χ0) is 21.2. The fourth-order valence-corrected chi connectivity index (χ4v) is 5.63. The van der Waals surface area contributed by atoms with Crippen molar-refractivity contribution in [1.29, 1.82) is 5.26 Å². The maximum atomic E-state index is 11.1. The maximum Gasteiger partial charge on any atom is 0.0912 e. The first kappa shape index (κ1) is 22.8. The van der Waals surface area contributed by atoms with Gasteiger partial charge in [-0.1, -0.05) is 62.3 Å². The molecule has 30 heavy (non-hydrogen) atoms. The van der Waals surface area contributed by atoms with Crippen molar-refractivity contribution >= 4 is 0 Å². The van der Waals surface area contributed by atoms with Gasteiger partial charge in [0.15, 0.2) is 0 Å². The topological polar surface area (TPSA) is 44.0 Å². The van der Waals surface area contributed by atoms with Crippen molar-refractivity contribution in [3.05, 3.63) is 59.7 Å². The molecule has 2 fully saturated rings. The van der Waals surface area contributed by atoms with Gasteiger partial charge in [-0.25, -0.2) is 0 Å². The lowest BCUT2D eigenvalue weighted by Crippen LogP contribution is -2.34. The summed E-state index contributed by atoms with van der Waals surface area (Å²) in [5.74, 6) is 2.51. The number of aliphatic hydroxyl groups excluding tert-OH is 1. The minimum Gasteiger partial charge on any atom is -0.393 e. The van der Waals surface area contributed by atoms with Crippen LogP contribution < -0.4 is 0 Å². The van der Waals surface area contributed by atoms with Crippen LogP contribution >= 0.6 is 0 Å². The van der Waals surface area contributed by atoms with Gasteiger partial charge >= 0.3 is 0 Å². The average Bonchev–Trinajstić information content (AvgIpc) is 2.81. The normalized spacial score (nSPS) is 28.6. The number of nitriles is 1. The van der Waals surface area contributed by atoms with Crippen molar-refractivity contribution in [2.45, 2.75) is 89.6 Å². The first-order valence-electron chi connectivity index (χ1n) is 12.2. The number of hydrogen-bond acceptors (Lipinski definition) is 2. The summed E-state index contributed by atoms with van der Waals surface area (Å²) in [7, 11) is 0. The van der Waals surface area contributed by atoms with E-state index in [1.165, 1.54) is 75.0 Å². The fourth-order valence-electron chi connectivity index (χ4n) is 5.63. The highest BCUT2D eigenvalue weighted by Crippen LogP contribution is 2.42. The molecule has 162 valence electrons. The lowest BCUT2D eigenvalue weighted by atomic mass is 9.70. The molecule has 1 N–H and O–H groups in total. The van der Waals surface area contributed by atoms with Crippen LogP contribution in [0.25, 0.3) is 0 Å². The van der Waals surface area contributed by atoms with Gasteiger partial charge in [0.25, 0.3) is 0 Å². The lowest BCUT2D eigenvalue weighted by molar-refractivity contribution is 0.00971. The highest BCUT2D eigenvalue weighted by atomic mass is 16.3. The van der Waals surface area contributed by atoms with E-state index in [-0.39, 0.29) is 6.10 Å². The predicted molar refractivity (Wildman–Crippen MR) is 125 cm³/mol. The molecule has 2 nitrogen and oxygen atoms in total. The lowest BCUT2D eigenvalue weighted by Gasteiger charge is -2.38. The molecule has 0 bridgehead atoms. The molecule has 2 heteroatoms. The van der Waals surface area contributed by atoms with E-state index in [9.17, 15) is 5.11 Å². The molecule has 1 unspecified atom stereocenters. The summed E-state index contributed by atoms with van der Waals surface area (Å²) in [4.78, 5) is 0. The Balaban J connectivity index is 1.37. The molecule has 0 heterocycles. The fraction of sp³-hybridized carbons (Fsp3) is 0.607. The van der Waals surface area contributed by atoms with E-state index in [0.29, 0.717) is 17.8 Å². The number of nitrogens with zero attached hydrogens (tertiary/aromatic N) is 1. The largest absolute Gasteiger partial charge is 0.393 e. The highest BCUT2D eigenvalue weighted by molar-refractivity contribution is 5.25. The molecule has 0 spiro atoms. The third kappa shape index (κ3) is 6.58. The molecule has 0 radical (unpaired) electrons. The van der Waals surface area contributed by atoms with Gasteiger partial charge < -0.3 is 5.11 Å². The van der Waals surface area contributed by atoms with Gasteiger partial charge in [-0.15, -0.1) is 0 Å². The molecule has 2 saturated carbocycles. The van der Waals surface area contributed by atoms with Gasteiger partial charge in [0.1, 0.15) is 0 Å². The molecule has 2 aliphatic rings. The second kappa shape index (κ2) is 12.1. The Morgan fingerprint density at radius 2 is 1.60 bits per heavy atom. The Morgan fingerprint density at radius 3 is 2.20 bits per heavy atom. The summed E-state index contributed by atoms with van der Waals surface area (Å²) in [5.41, 5.74) is 2.92. The first-order chi connectivity index (χ1) is 14.7. The van der Waals surface area contributed by atoms with E-state index in [1.807, 2.05) is 18.2 Å². The molecule has 3 rings (SSSR count). The van der Waals surface area contributed by atoms with E-state index < -0.39 is 0 Å². The predicted octanol–water partition coefficient (Wildman–Crippen LogP) is 7.11. The summed E-state index contributed by atoms with van der Waals surface area (Å²) >= 11 is 0. The van der Waals surface area contributed by atoms with E-state index >= 15 is 0 Å². The van der Waals surface area contributed by atoms with E-state index in [2.05, 4.69) is 37.3 Å². The van der Waals surface area contributed by atoms with Crippen LogP contribution in [0.2, 0.25) is 0 Å². The molecule has 1 atom stereocenters. The summed E-state index contributed by atoms with van der Waals surface area (Å²) in [5, 5.41) is 19.5. The summed E-state index contributed by atoms with van der Waals surface area (Å²) in [6.45, 7) is 2.21. The standard InChI is InChI=1S/C28H39NO/c1-2-22-9-13-24(14-10-22)25-17-19-27(20-18-25)28(30)26-15-11-23(12-16-26)8-6-4-3-5-7-21-29/h3-5,7,9-10,13-14,23,25-28,30H,2,6,8,11-12,15-20H2,1H3. The van der Waals surface area contributed by atoms with Crippen LogP contribution in [0.3, 0.4) is 0 Å². The van der Waals surface area contributed by atoms with E-state index in [0.717, 1.165) is 18.8 Å². The molecule has 2 aliphatic carbocycles. The summed E-state index contributed by atoms with van der Waals surface area (Å²) in [6.07, 6.45) is 20.6. The molecule has 0 aliphatic heterocycles. The molecule has 0 aromatic heterocycles. The number of hydrogen-bond donors (Lipinski definition) is 1. The Morgan fingerprint density at radius 1 is 0.967 bits per heavy atom. The van der Waals surface area contributed by atoms with Gasteiger partial charge in [0.2, 0.25) is 0 Å². The monoisotopic (exact) mass is 405 g/mol. The van der Waals surface area contributed by atoms with Crippen molar-refractivity contribution in [3.8, 4) is 6.07 Å². The molecular formula is C28H39NO. The zero-order valence-electron chi connectivity index (χ0n) is 18.7. The minimum atomic E-state index is -0.0922. The third-order valence-corrected chi connectivity index (χ3v) is 7.65. The number of aliphatic hydroxyl groups is 1. The van der Waals surface area contributed by atoms with Gasteiger partial charge in [0, 0.05) is 6.08 Å². The Labute approximate surface area is 183 Å². The molecule has 1 aromatic carbocycles. The molecular weight excluding hydrogens is 366 g/mol. The van der Waals surface area contributed by atoms with E-state index in [4.69, 9.17) is 5.26 Å². The van der Waals surface area contributed by atoms with Crippen LogP contribution in [0.15, 0.2) is 48.6 Å². The van der Waals surface area contributed by atoms with Gasteiger partial charge in [0.05, 0.1) is 12.2 Å². The van der Waals surface area contributed by atoms with Crippen LogP contribution in [0.1, 0.15) is 88.2 Å². The SMILES string of the molecule is CCc1ccc(C2CCC(C(O)C3CCC(CCC=CC=CC#N)CC3)CC2)cc1. The molecule has 1 aromatic rings. The minimum absolute atomic E-state index is 0.0922. The smallest absolute Gasteiger partial charge is 0.0912 e. The maximum absolute atomic E-state index is 11.1. The van der Waals surface area contributed by atoms with Gasteiger partial charge in [-0.3, -0.25) is 0 Å². The number of rotatable bonds is 8. The van der Waals surface area contributed by atoms with Crippen LogP contribution in [0.4, 0.5) is 0 Å². The summed E-state index contributed by atoms with van der Waals surface area (Å²) < 4.78 is 0. The Bertz CT molecular complexity index is 710. The van der Waals surface area contributed by atoms with Crippen LogP contribution in [0, 0.1) is 29.1 Å². The number of benzene rings is 1. The van der Waals surface area contributed by atoms with Crippen LogP contribution in [-0.4, -0.2) is 11.2 Å². The Hall–Kier alpha value is -1.85. The quantitative estimate of drug-likeness (QED) is 0.370. The van der Waals surface area contributed by atoms with Gasteiger partial charge in [-0.2, -0.15) is 5.26 Å². The van der Waals surface area contributed by atoms with Crippen molar-refractivity contribution in [2.75, 3.05) is 0 Å². The number of allylic oxidation sites excluding steroid dienone is 4. The van der Waals surface area contributed by atoms with E-state index in [1.54, 1.807) is 0 Å². The van der Waals surface area contributed by atoms with Crippen molar-refractivity contribution in [3.63, 3.8) is 0 Å². The van der Waals surface area contributed by atoms with Crippen molar-refractivity contribution < 1.29 is 5.11 Å². The van der Waals surface area contributed by atoms with Crippen LogP contribution in [-0.2, 0) is 6.42 Å². The average molecular weight is 406 g/mol. The second-order valence-electron chi connectivity index (χ2n) is 9.47. The highest BCUT2D eigenvalue weighted by Gasteiger charge is 2.33. The van der Waals surface area contributed by atoms with Gasteiger partial charge in [-0.05, 0) is 92.6 Å². The zero-order valence-corrected chi connectivity index (χ0v) is 18.7.